The minimum absolute atomic E-state index is 0.174. The van der Waals surface area contributed by atoms with Crippen LogP contribution in [0.15, 0.2) is 12.1 Å². The minimum atomic E-state index is -0.551. The Kier molecular flexibility index (Phi) is 2.22. The maximum absolute atomic E-state index is 14.1. The van der Waals surface area contributed by atoms with E-state index in [0.717, 1.165) is 11.1 Å². The Morgan fingerprint density at radius 3 is 2.89 bits per heavy atom. The van der Waals surface area contributed by atoms with Crippen molar-refractivity contribution in [2.45, 2.75) is 26.5 Å². The molecule has 0 saturated carbocycles. The largest absolute Gasteiger partial charge is 0.392 e. The predicted octanol–water partition coefficient (Wildman–Crippen LogP) is 2.09. The molecule has 3 rings (SSSR count). The van der Waals surface area contributed by atoms with Gasteiger partial charge >= 0.3 is 0 Å². The number of nitrogens with one attached hydrogen (secondary N) is 1. The van der Waals surface area contributed by atoms with Crippen molar-refractivity contribution in [1.29, 1.82) is 0 Å². The van der Waals surface area contributed by atoms with Crippen LogP contribution in [0.25, 0.3) is 10.9 Å². The Hall–Kier alpha value is -1.88. The molecule has 5 heteroatoms. The molecule has 1 aromatic heterocycles. The van der Waals surface area contributed by atoms with Gasteiger partial charge in [-0.2, -0.15) is 0 Å². The van der Waals surface area contributed by atoms with Crippen molar-refractivity contribution in [2.75, 3.05) is 5.32 Å². The summed E-state index contributed by atoms with van der Waals surface area (Å²) in [6.45, 7) is 3.28. The second kappa shape index (κ2) is 3.55. The zero-order chi connectivity index (χ0) is 13.0. The Balaban J connectivity index is 2.47. The van der Waals surface area contributed by atoms with Gasteiger partial charge in [0.25, 0.3) is 0 Å². The van der Waals surface area contributed by atoms with Crippen molar-refractivity contribution in [3.05, 3.63) is 29.2 Å². The van der Waals surface area contributed by atoms with E-state index in [9.17, 15) is 9.18 Å². The first-order valence-corrected chi connectivity index (χ1v) is 5.79. The SMILES string of the molecule is Cc1cc2cc(CO)c(F)c3c2n1[C@H](C)C(=O)N3. The number of hydrogen-bond acceptors (Lipinski definition) is 2. The number of aliphatic hydroxyl groups excluding tert-OH is 1. The van der Waals surface area contributed by atoms with Crippen LogP contribution in [0.1, 0.15) is 24.2 Å². The van der Waals surface area contributed by atoms with Gasteiger partial charge < -0.3 is 15.0 Å². The zero-order valence-electron chi connectivity index (χ0n) is 10.1. The molecule has 1 amide bonds. The molecule has 0 spiro atoms. The molecule has 1 atom stereocenters. The molecule has 0 bridgehead atoms. The fourth-order valence-corrected chi connectivity index (χ4v) is 2.64. The van der Waals surface area contributed by atoms with Crippen molar-refractivity contribution >= 4 is 22.5 Å². The number of nitrogens with zero attached hydrogens (tertiary/aromatic N) is 1. The molecule has 0 radical (unpaired) electrons. The number of halogens is 1. The van der Waals surface area contributed by atoms with Gasteiger partial charge in [0.05, 0.1) is 12.1 Å². The van der Waals surface area contributed by atoms with Gasteiger partial charge in [0.2, 0.25) is 5.91 Å². The van der Waals surface area contributed by atoms with E-state index in [0.29, 0.717) is 5.52 Å². The number of carbonyl (C=O) groups excluding carboxylic acids is 1. The Labute approximate surface area is 103 Å². The van der Waals surface area contributed by atoms with Crippen LogP contribution in [0.3, 0.4) is 0 Å². The highest BCUT2D eigenvalue weighted by atomic mass is 19.1. The highest BCUT2D eigenvalue weighted by Crippen LogP contribution is 2.37. The van der Waals surface area contributed by atoms with Gasteiger partial charge in [0.1, 0.15) is 11.7 Å². The number of rotatable bonds is 1. The normalized spacial score (nSPS) is 18.2. The van der Waals surface area contributed by atoms with Gasteiger partial charge in [-0.25, -0.2) is 4.39 Å². The van der Waals surface area contributed by atoms with E-state index in [1.807, 2.05) is 17.6 Å². The van der Waals surface area contributed by atoms with E-state index in [4.69, 9.17) is 5.11 Å². The van der Waals surface area contributed by atoms with E-state index in [2.05, 4.69) is 5.32 Å². The molecule has 4 nitrogen and oxygen atoms in total. The Morgan fingerprint density at radius 1 is 1.50 bits per heavy atom. The Bertz CT molecular complexity index is 675. The third-order valence-electron chi connectivity index (χ3n) is 3.51. The molecule has 2 aromatic rings. The second-order valence-electron chi connectivity index (χ2n) is 4.64. The van der Waals surface area contributed by atoms with E-state index in [1.165, 1.54) is 0 Å². The average molecular weight is 248 g/mol. The number of anilines is 1. The highest BCUT2D eigenvalue weighted by molar-refractivity contribution is 6.07. The van der Waals surface area contributed by atoms with Gasteiger partial charge in [-0.05, 0) is 26.0 Å². The average Bonchev–Trinajstić information content (AvgIpc) is 2.67. The van der Waals surface area contributed by atoms with Crippen LogP contribution in [0.4, 0.5) is 10.1 Å². The van der Waals surface area contributed by atoms with E-state index in [1.54, 1.807) is 13.0 Å². The number of hydrogen-bond donors (Lipinski definition) is 2. The molecule has 2 heterocycles. The molecular formula is C13H13FN2O2. The summed E-state index contributed by atoms with van der Waals surface area (Å²) < 4.78 is 16.0. The summed E-state index contributed by atoms with van der Waals surface area (Å²) in [5.41, 5.74) is 1.97. The van der Waals surface area contributed by atoms with Gasteiger partial charge in [-0.3, -0.25) is 4.79 Å². The lowest BCUT2D eigenvalue weighted by Crippen LogP contribution is -2.29. The van der Waals surface area contributed by atoms with E-state index in [-0.39, 0.29) is 29.8 Å². The molecule has 2 N–H and O–H groups in total. The monoisotopic (exact) mass is 248 g/mol. The first kappa shape index (κ1) is 11.2. The highest BCUT2D eigenvalue weighted by Gasteiger charge is 2.29. The number of aliphatic hydroxyl groups is 1. The van der Waals surface area contributed by atoms with Crippen LogP contribution < -0.4 is 5.32 Å². The summed E-state index contributed by atoms with van der Waals surface area (Å²) in [5.74, 6) is -0.790. The van der Waals surface area contributed by atoms with Crippen molar-refractivity contribution in [1.82, 2.24) is 4.57 Å². The van der Waals surface area contributed by atoms with Crippen LogP contribution in [0.2, 0.25) is 0 Å². The van der Waals surface area contributed by atoms with Crippen molar-refractivity contribution in [3.8, 4) is 0 Å². The fourth-order valence-electron chi connectivity index (χ4n) is 2.64. The summed E-state index contributed by atoms with van der Waals surface area (Å²) in [6, 6.07) is 3.17. The lowest BCUT2D eigenvalue weighted by Gasteiger charge is -2.25. The molecule has 0 unspecified atom stereocenters. The first-order chi connectivity index (χ1) is 8.54. The number of benzene rings is 1. The smallest absolute Gasteiger partial charge is 0.247 e. The van der Waals surface area contributed by atoms with Crippen LogP contribution in [-0.2, 0) is 11.4 Å². The third-order valence-corrected chi connectivity index (χ3v) is 3.51. The second-order valence-corrected chi connectivity index (χ2v) is 4.64. The first-order valence-electron chi connectivity index (χ1n) is 5.79. The molecule has 1 aromatic carbocycles. The van der Waals surface area contributed by atoms with Crippen LogP contribution in [0, 0.1) is 12.7 Å². The summed E-state index contributed by atoms with van der Waals surface area (Å²) in [7, 11) is 0. The molecule has 94 valence electrons. The van der Waals surface area contributed by atoms with E-state index >= 15 is 0 Å². The quantitative estimate of drug-likeness (QED) is 0.812. The maximum Gasteiger partial charge on any atom is 0.247 e. The Morgan fingerprint density at radius 2 is 2.22 bits per heavy atom. The molecule has 18 heavy (non-hydrogen) atoms. The van der Waals surface area contributed by atoms with Crippen LogP contribution in [0.5, 0.6) is 0 Å². The number of amides is 1. The molecule has 0 fully saturated rings. The van der Waals surface area contributed by atoms with Crippen molar-refractivity contribution in [3.63, 3.8) is 0 Å². The number of carbonyl (C=O) groups is 1. The standard InChI is InChI=1S/C13H13FN2O2/c1-6-3-8-4-9(5-17)10(14)11-12(8)16(6)7(2)13(18)15-11/h3-4,7,17H,5H2,1-2H3,(H,15,18)/t7-/m1/s1. The van der Waals surface area contributed by atoms with E-state index < -0.39 is 5.82 Å². The van der Waals surface area contributed by atoms with Crippen LogP contribution in [-0.4, -0.2) is 15.6 Å². The lowest BCUT2D eigenvalue weighted by molar-refractivity contribution is -0.119. The summed E-state index contributed by atoms with van der Waals surface area (Å²) in [5, 5.41) is 12.6. The molecule has 0 saturated heterocycles. The van der Waals surface area contributed by atoms with Crippen LogP contribution >= 0.6 is 0 Å². The van der Waals surface area contributed by atoms with Gasteiger partial charge in [0.15, 0.2) is 5.82 Å². The maximum atomic E-state index is 14.1. The number of aromatic nitrogens is 1. The number of aryl methyl sites for hydroxylation is 1. The summed E-state index contributed by atoms with van der Waals surface area (Å²) in [4.78, 5) is 11.8. The van der Waals surface area contributed by atoms with Crippen molar-refractivity contribution in [2.24, 2.45) is 0 Å². The topological polar surface area (TPSA) is 54.3 Å². The van der Waals surface area contributed by atoms with Crippen molar-refractivity contribution < 1.29 is 14.3 Å². The zero-order valence-corrected chi connectivity index (χ0v) is 10.1. The fraction of sp³-hybridized carbons (Fsp3) is 0.308. The molecule has 1 aliphatic heterocycles. The van der Waals surface area contributed by atoms with Gasteiger partial charge in [-0.15, -0.1) is 0 Å². The summed E-state index contributed by atoms with van der Waals surface area (Å²) in [6.07, 6.45) is 0. The van der Waals surface area contributed by atoms with Gasteiger partial charge in [-0.1, -0.05) is 0 Å². The van der Waals surface area contributed by atoms with Gasteiger partial charge in [0, 0.05) is 16.6 Å². The predicted molar refractivity (Wildman–Crippen MR) is 65.9 cm³/mol. The minimum Gasteiger partial charge on any atom is -0.392 e. The summed E-state index contributed by atoms with van der Waals surface area (Å²) >= 11 is 0. The molecular weight excluding hydrogens is 235 g/mol. The lowest BCUT2D eigenvalue weighted by atomic mass is 10.1. The third kappa shape index (κ3) is 1.25. The molecule has 1 aliphatic rings. The molecule has 0 aliphatic carbocycles.